The zero-order valence-electron chi connectivity index (χ0n) is 9.41. The fourth-order valence-electron chi connectivity index (χ4n) is 1.77. The third kappa shape index (κ3) is 2.68. The summed E-state index contributed by atoms with van der Waals surface area (Å²) < 4.78 is 13.5. The van der Waals surface area contributed by atoms with E-state index < -0.39 is 0 Å². The van der Waals surface area contributed by atoms with Crippen LogP contribution in [-0.2, 0) is 0 Å². The molecule has 0 bridgehead atoms. The Bertz CT molecular complexity index is 484. The minimum atomic E-state index is -0.372. The Morgan fingerprint density at radius 1 is 1.35 bits per heavy atom. The SMILES string of the molecule is CCNC(c1cccs1)c1cccc(F)c1Cl. The van der Waals surface area contributed by atoms with E-state index in [2.05, 4.69) is 5.32 Å². The summed E-state index contributed by atoms with van der Waals surface area (Å²) >= 11 is 7.67. The zero-order valence-corrected chi connectivity index (χ0v) is 11.0. The van der Waals surface area contributed by atoms with Crippen LogP contribution >= 0.6 is 22.9 Å². The summed E-state index contributed by atoms with van der Waals surface area (Å²) in [7, 11) is 0. The predicted octanol–water partition coefficient (Wildman–Crippen LogP) is 4.24. The molecule has 90 valence electrons. The molecule has 0 amide bonds. The number of hydrogen-bond donors (Lipinski definition) is 1. The van der Waals surface area contributed by atoms with Gasteiger partial charge in [0.05, 0.1) is 11.1 Å². The Kier molecular flexibility index (Phi) is 4.15. The number of thiophene rings is 1. The highest BCUT2D eigenvalue weighted by atomic mass is 35.5. The lowest BCUT2D eigenvalue weighted by molar-refractivity contribution is 0.607. The van der Waals surface area contributed by atoms with E-state index in [1.54, 1.807) is 17.4 Å². The normalized spacial score (nSPS) is 12.6. The van der Waals surface area contributed by atoms with Crippen LogP contribution in [0, 0.1) is 5.82 Å². The molecule has 0 saturated heterocycles. The topological polar surface area (TPSA) is 12.0 Å². The molecule has 0 aliphatic carbocycles. The summed E-state index contributed by atoms with van der Waals surface area (Å²) in [6.07, 6.45) is 0. The van der Waals surface area contributed by atoms with Gasteiger partial charge < -0.3 is 5.32 Å². The molecule has 0 aliphatic rings. The second-order valence-corrected chi connectivity index (χ2v) is 5.01. The summed E-state index contributed by atoms with van der Waals surface area (Å²) in [5.74, 6) is -0.372. The van der Waals surface area contributed by atoms with Crippen LogP contribution in [0.5, 0.6) is 0 Å². The highest BCUT2D eigenvalue weighted by molar-refractivity contribution is 7.10. The van der Waals surface area contributed by atoms with Crippen molar-refractivity contribution in [2.24, 2.45) is 0 Å². The van der Waals surface area contributed by atoms with Crippen molar-refractivity contribution < 1.29 is 4.39 Å². The molecule has 0 aliphatic heterocycles. The molecule has 1 heterocycles. The molecule has 1 unspecified atom stereocenters. The number of rotatable bonds is 4. The Morgan fingerprint density at radius 2 is 2.18 bits per heavy atom. The molecule has 2 aromatic rings. The molecule has 1 N–H and O–H groups in total. The first-order valence-corrected chi connectivity index (χ1v) is 6.70. The van der Waals surface area contributed by atoms with E-state index in [0.717, 1.165) is 17.0 Å². The second-order valence-electron chi connectivity index (χ2n) is 3.65. The molecule has 0 radical (unpaired) electrons. The third-order valence-electron chi connectivity index (χ3n) is 2.53. The molecular formula is C13H13ClFNS. The molecule has 0 saturated carbocycles. The molecule has 1 aromatic carbocycles. The van der Waals surface area contributed by atoms with Crippen LogP contribution in [0.25, 0.3) is 0 Å². The van der Waals surface area contributed by atoms with Gasteiger partial charge in [-0.2, -0.15) is 0 Å². The maximum absolute atomic E-state index is 13.5. The van der Waals surface area contributed by atoms with Crippen molar-refractivity contribution in [1.82, 2.24) is 5.32 Å². The lowest BCUT2D eigenvalue weighted by atomic mass is 10.1. The largest absolute Gasteiger partial charge is 0.306 e. The summed E-state index contributed by atoms with van der Waals surface area (Å²) in [5.41, 5.74) is 0.788. The summed E-state index contributed by atoms with van der Waals surface area (Å²) in [6, 6.07) is 8.90. The molecule has 0 spiro atoms. The van der Waals surface area contributed by atoms with Gasteiger partial charge in [0.15, 0.2) is 0 Å². The molecule has 1 atom stereocenters. The van der Waals surface area contributed by atoms with Gasteiger partial charge in [0.25, 0.3) is 0 Å². The van der Waals surface area contributed by atoms with Gasteiger partial charge in [0.2, 0.25) is 0 Å². The van der Waals surface area contributed by atoms with Gasteiger partial charge in [-0.05, 0) is 29.6 Å². The van der Waals surface area contributed by atoms with Crippen LogP contribution in [0.2, 0.25) is 5.02 Å². The van der Waals surface area contributed by atoms with Crippen LogP contribution < -0.4 is 5.32 Å². The van der Waals surface area contributed by atoms with Crippen molar-refractivity contribution in [1.29, 1.82) is 0 Å². The van der Waals surface area contributed by atoms with Crippen LogP contribution in [0.4, 0.5) is 4.39 Å². The van der Waals surface area contributed by atoms with E-state index in [4.69, 9.17) is 11.6 Å². The third-order valence-corrected chi connectivity index (χ3v) is 3.86. The molecule has 1 nitrogen and oxygen atoms in total. The Hall–Kier alpha value is -0.900. The van der Waals surface area contributed by atoms with Crippen LogP contribution in [0.1, 0.15) is 23.4 Å². The number of nitrogens with one attached hydrogen (secondary N) is 1. The molecule has 4 heteroatoms. The van der Waals surface area contributed by atoms with Crippen molar-refractivity contribution in [2.45, 2.75) is 13.0 Å². The van der Waals surface area contributed by atoms with Crippen molar-refractivity contribution in [3.05, 3.63) is 57.0 Å². The maximum atomic E-state index is 13.5. The van der Waals surface area contributed by atoms with Crippen molar-refractivity contribution >= 4 is 22.9 Å². The molecule has 2 rings (SSSR count). The van der Waals surface area contributed by atoms with Crippen molar-refractivity contribution in [3.8, 4) is 0 Å². The van der Waals surface area contributed by atoms with E-state index >= 15 is 0 Å². The highest BCUT2D eigenvalue weighted by Crippen LogP contribution is 2.32. The van der Waals surface area contributed by atoms with E-state index in [0.29, 0.717) is 0 Å². The average molecular weight is 270 g/mol. The number of halogens is 2. The average Bonchev–Trinajstić information content (AvgIpc) is 2.84. The summed E-state index contributed by atoms with van der Waals surface area (Å²) in [4.78, 5) is 1.14. The van der Waals surface area contributed by atoms with Gasteiger partial charge in [0, 0.05) is 4.88 Å². The quantitative estimate of drug-likeness (QED) is 0.875. The van der Waals surface area contributed by atoms with Gasteiger partial charge in [0.1, 0.15) is 5.82 Å². The summed E-state index contributed by atoms with van der Waals surface area (Å²) in [5, 5.41) is 5.54. The Morgan fingerprint density at radius 3 is 2.82 bits per heavy atom. The number of benzene rings is 1. The number of hydrogen-bond acceptors (Lipinski definition) is 2. The van der Waals surface area contributed by atoms with E-state index in [1.165, 1.54) is 6.07 Å². The standard InChI is InChI=1S/C13H13ClFNS/c1-2-16-13(11-7-4-8-17-11)9-5-3-6-10(15)12(9)14/h3-8,13,16H,2H2,1H3. The van der Waals surface area contributed by atoms with Gasteiger partial charge in [-0.1, -0.05) is 36.7 Å². The Labute approximate surface area is 109 Å². The van der Waals surface area contributed by atoms with Gasteiger partial charge in [-0.25, -0.2) is 4.39 Å². The highest BCUT2D eigenvalue weighted by Gasteiger charge is 2.18. The second kappa shape index (κ2) is 5.63. The molecule has 17 heavy (non-hydrogen) atoms. The van der Waals surface area contributed by atoms with Crippen molar-refractivity contribution in [2.75, 3.05) is 6.54 Å². The monoisotopic (exact) mass is 269 g/mol. The van der Waals surface area contributed by atoms with Crippen LogP contribution in [0.3, 0.4) is 0 Å². The van der Waals surface area contributed by atoms with Gasteiger partial charge in [-0.3, -0.25) is 0 Å². The van der Waals surface area contributed by atoms with E-state index in [1.807, 2.05) is 30.5 Å². The lowest BCUT2D eigenvalue weighted by Gasteiger charge is -2.18. The van der Waals surface area contributed by atoms with E-state index in [9.17, 15) is 4.39 Å². The van der Waals surface area contributed by atoms with Gasteiger partial charge >= 0.3 is 0 Å². The van der Waals surface area contributed by atoms with Crippen LogP contribution in [0.15, 0.2) is 35.7 Å². The van der Waals surface area contributed by atoms with Crippen molar-refractivity contribution in [3.63, 3.8) is 0 Å². The smallest absolute Gasteiger partial charge is 0.142 e. The van der Waals surface area contributed by atoms with E-state index in [-0.39, 0.29) is 16.9 Å². The minimum Gasteiger partial charge on any atom is -0.306 e. The Balaban J connectivity index is 2.43. The summed E-state index contributed by atoms with van der Waals surface area (Å²) in [6.45, 7) is 2.82. The van der Waals surface area contributed by atoms with Gasteiger partial charge in [-0.15, -0.1) is 11.3 Å². The van der Waals surface area contributed by atoms with Crippen LogP contribution in [-0.4, -0.2) is 6.54 Å². The molecule has 0 fully saturated rings. The molecule has 1 aromatic heterocycles. The lowest BCUT2D eigenvalue weighted by Crippen LogP contribution is -2.21. The fraction of sp³-hybridized carbons (Fsp3) is 0.231. The minimum absolute atomic E-state index is 0.0387. The maximum Gasteiger partial charge on any atom is 0.142 e. The first kappa shape index (κ1) is 12.6. The predicted molar refractivity (Wildman–Crippen MR) is 71.2 cm³/mol. The molecular weight excluding hydrogens is 257 g/mol. The first-order valence-electron chi connectivity index (χ1n) is 5.44. The first-order chi connectivity index (χ1) is 8.24. The fourth-order valence-corrected chi connectivity index (χ4v) is 2.82. The zero-order chi connectivity index (χ0) is 12.3.